The molecule has 0 saturated carbocycles. The molecule has 2 aromatic carbocycles. The number of ether oxygens (including phenoxy) is 1. The van der Waals surface area contributed by atoms with Crippen LogP contribution in [0.4, 0.5) is 4.79 Å². The average Bonchev–Trinajstić information content (AvgIpc) is 2.59. The predicted molar refractivity (Wildman–Crippen MR) is 119 cm³/mol. The lowest BCUT2D eigenvalue weighted by molar-refractivity contribution is 0.168. The molecule has 2 aromatic rings. The summed E-state index contributed by atoms with van der Waals surface area (Å²) in [7, 11) is -3.17. The lowest BCUT2D eigenvalue weighted by Crippen LogP contribution is -2.23. The fourth-order valence-corrected chi connectivity index (χ4v) is 5.58. The number of hydrogen-bond acceptors (Lipinski definition) is 4. The molecule has 0 unspecified atom stereocenters. The van der Waals surface area contributed by atoms with E-state index in [2.05, 4.69) is 41.5 Å². The highest BCUT2D eigenvalue weighted by Crippen LogP contribution is 2.64. The second-order valence-electron chi connectivity index (χ2n) is 9.66. The molecule has 0 spiro atoms. The minimum Gasteiger partial charge on any atom is -0.453 e. The van der Waals surface area contributed by atoms with E-state index in [4.69, 9.17) is 16.3 Å². The van der Waals surface area contributed by atoms with Crippen LogP contribution in [0.2, 0.25) is 0 Å². The van der Waals surface area contributed by atoms with E-state index < -0.39 is 16.0 Å². The third kappa shape index (κ3) is 4.19. The molecule has 1 aliphatic heterocycles. The third-order valence-electron chi connectivity index (χ3n) is 5.48. The Morgan fingerprint density at radius 1 is 0.931 bits per heavy atom. The first-order valence-electron chi connectivity index (χ1n) is 9.62. The second kappa shape index (κ2) is 7.31. The summed E-state index contributed by atoms with van der Waals surface area (Å²) in [5, 5.41) is 0. The minimum atomic E-state index is -3.17. The lowest BCUT2D eigenvalue weighted by atomic mass is 9.81. The van der Waals surface area contributed by atoms with Gasteiger partial charge in [-0.2, -0.15) is 0 Å². The van der Waals surface area contributed by atoms with Crippen LogP contribution in [0.1, 0.15) is 69.7 Å². The molecule has 1 aliphatic rings. The largest absolute Gasteiger partial charge is 0.453 e. The number of carbonyl (C=O) groups is 1. The monoisotopic (exact) mass is 436 g/mol. The molecule has 0 radical (unpaired) electrons. The van der Waals surface area contributed by atoms with Crippen molar-refractivity contribution in [2.45, 2.75) is 68.1 Å². The van der Waals surface area contributed by atoms with Crippen LogP contribution in [-0.4, -0.2) is 21.1 Å². The van der Waals surface area contributed by atoms with Gasteiger partial charge in [-0.05, 0) is 45.2 Å². The molecule has 0 atom stereocenters. The van der Waals surface area contributed by atoms with Crippen molar-refractivity contribution < 1.29 is 18.6 Å². The van der Waals surface area contributed by atoms with Crippen LogP contribution >= 0.6 is 22.2 Å². The van der Waals surface area contributed by atoms with E-state index in [1.807, 2.05) is 24.3 Å². The van der Waals surface area contributed by atoms with Crippen LogP contribution in [-0.2, 0) is 15.6 Å². The van der Waals surface area contributed by atoms with Crippen molar-refractivity contribution in [3.63, 3.8) is 0 Å². The van der Waals surface area contributed by atoms with E-state index in [1.165, 1.54) is 0 Å². The van der Waals surface area contributed by atoms with E-state index >= 15 is 0 Å². The van der Waals surface area contributed by atoms with Gasteiger partial charge in [-0.3, -0.25) is 9.11 Å². The minimum absolute atomic E-state index is 0.0407. The normalized spacial score (nSPS) is 17.3. The van der Waals surface area contributed by atoms with Gasteiger partial charge in [0.25, 0.3) is 0 Å². The molecule has 0 fully saturated rings. The zero-order valence-electron chi connectivity index (χ0n) is 17.7. The maximum absolute atomic E-state index is 11.3. The Morgan fingerprint density at radius 2 is 1.34 bits per heavy atom. The van der Waals surface area contributed by atoms with Crippen molar-refractivity contribution >= 4 is 27.6 Å². The number of carbonyl (C=O) groups excluding carboxylic acids is 1. The van der Waals surface area contributed by atoms with Crippen LogP contribution in [0.15, 0.2) is 46.2 Å². The number of rotatable bonds is 2. The van der Waals surface area contributed by atoms with Crippen molar-refractivity contribution in [3.05, 3.63) is 58.7 Å². The van der Waals surface area contributed by atoms with Gasteiger partial charge in [0.2, 0.25) is 0 Å². The Morgan fingerprint density at radius 3 is 1.69 bits per heavy atom. The smallest absolute Gasteiger partial charge is 0.403 e. The van der Waals surface area contributed by atoms with Crippen molar-refractivity contribution in [1.82, 2.24) is 0 Å². The zero-order valence-corrected chi connectivity index (χ0v) is 19.3. The topological polar surface area (TPSA) is 66.8 Å². The quantitative estimate of drug-likeness (QED) is 0.485. The summed E-state index contributed by atoms with van der Waals surface area (Å²) in [5.74, 6) is -0.327. The van der Waals surface area contributed by atoms with Gasteiger partial charge >= 0.3 is 5.43 Å². The molecule has 0 aromatic heterocycles. The van der Waals surface area contributed by atoms with E-state index in [1.54, 1.807) is 12.1 Å². The summed E-state index contributed by atoms with van der Waals surface area (Å²) in [6, 6.07) is 11.5. The SMILES string of the molecule is CC(C)(C)c1ccc2c(c1)C(COC(=O)Cl)c1cc(C(C)(C)C)ccc1S2(O)O. The maximum Gasteiger partial charge on any atom is 0.403 e. The number of hydrogen-bond donors (Lipinski definition) is 2. The number of halogens is 1. The van der Waals surface area contributed by atoms with Gasteiger partial charge in [0.1, 0.15) is 6.61 Å². The molecule has 158 valence electrons. The first kappa shape index (κ1) is 22.2. The van der Waals surface area contributed by atoms with Crippen LogP contribution in [0.25, 0.3) is 0 Å². The fraction of sp³-hybridized carbons (Fsp3) is 0.435. The summed E-state index contributed by atoms with van der Waals surface area (Å²) in [6.45, 7) is 12.7. The van der Waals surface area contributed by atoms with Crippen molar-refractivity contribution in [1.29, 1.82) is 0 Å². The molecule has 0 amide bonds. The van der Waals surface area contributed by atoms with Gasteiger partial charge in [0, 0.05) is 17.5 Å². The first-order valence-corrected chi connectivity index (χ1v) is 11.5. The summed E-state index contributed by atoms with van der Waals surface area (Å²) < 4.78 is 27.5. The van der Waals surface area contributed by atoms with Crippen LogP contribution < -0.4 is 0 Å². The third-order valence-corrected chi connectivity index (χ3v) is 7.56. The highest BCUT2D eigenvalue weighted by atomic mass is 35.5. The molecule has 0 saturated heterocycles. The molecule has 3 rings (SSSR count). The van der Waals surface area contributed by atoms with Crippen molar-refractivity contribution in [2.75, 3.05) is 6.61 Å². The molecular formula is C23H29ClO4S. The zero-order chi connectivity index (χ0) is 21.8. The highest BCUT2D eigenvalue weighted by Gasteiger charge is 2.38. The second-order valence-corrected chi connectivity index (χ2v) is 11.9. The van der Waals surface area contributed by atoms with Gasteiger partial charge in [-0.15, -0.1) is 10.6 Å². The summed E-state index contributed by atoms with van der Waals surface area (Å²) in [4.78, 5) is 12.3. The standard InChI is InChI=1S/C23H29ClO4S/c1-22(2,3)14-7-9-19-16(11-14)18(13-28-21(24)25)17-12-15(23(4,5)6)8-10-20(17)29(19,26)27/h7-12,18,26-27H,13H2,1-6H3. The Hall–Kier alpha value is -1.53. The molecular weight excluding hydrogens is 408 g/mol. The van der Waals surface area contributed by atoms with Gasteiger partial charge < -0.3 is 4.74 Å². The Kier molecular flexibility index (Phi) is 5.59. The Bertz CT molecular complexity index is 887. The molecule has 0 bridgehead atoms. The average molecular weight is 437 g/mol. The summed E-state index contributed by atoms with van der Waals surface area (Å²) in [5.41, 5.74) is 2.60. The Labute approximate surface area is 179 Å². The van der Waals surface area contributed by atoms with Gasteiger partial charge in [-0.1, -0.05) is 65.8 Å². The van der Waals surface area contributed by atoms with Gasteiger partial charge in [0.05, 0.1) is 9.79 Å². The maximum atomic E-state index is 11.3. The van der Waals surface area contributed by atoms with E-state index in [0.29, 0.717) is 9.79 Å². The van der Waals surface area contributed by atoms with Crippen LogP contribution in [0.3, 0.4) is 0 Å². The van der Waals surface area contributed by atoms with Crippen molar-refractivity contribution in [2.24, 2.45) is 0 Å². The molecule has 0 aliphatic carbocycles. The van der Waals surface area contributed by atoms with Crippen LogP contribution in [0.5, 0.6) is 0 Å². The summed E-state index contributed by atoms with van der Waals surface area (Å²) >= 11 is 5.46. The van der Waals surface area contributed by atoms with Gasteiger partial charge in [0.15, 0.2) is 0 Å². The Balaban J connectivity index is 2.27. The number of benzene rings is 2. The highest BCUT2D eigenvalue weighted by molar-refractivity contribution is 8.24. The number of fused-ring (bicyclic) bond motifs is 2. The lowest BCUT2D eigenvalue weighted by Gasteiger charge is -2.43. The summed E-state index contributed by atoms with van der Waals surface area (Å²) in [6.07, 6.45) is 0. The van der Waals surface area contributed by atoms with E-state index in [9.17, 15) is 13.9 Å². The molecule has 2 N–H and O–H groups in total. The van der Waals surface area contributed by atoms with E-state index in [-0.39, 0.29) is 23.4 Å². The van der Waals surface area contributed by atoms with Crippen LogP contribution in [0, 0.1) is 0 Å². The molecule has 4 nitrogen and oxygen atoms in total. The van der Waals surface area contributed by atoms with Gasteiger partial charge in [-0.25, -0.2) is 4.79 Å². The first-order chi connectivity index (χ1) is 13.2. The molecule has 29 heavy (non-hydrogen) atoms. The van der Waals surface area contributed by atoms with E-state index in [0.717, 1.165) is 22.3 Å². The fourth-order valence-electron chi connectivity index (χ4n) is 3.71. The molecule has 6 heteroatoms. The molecule has 1 heterocycles. The predicted octanol–water partition coefficient (Wildman–Crippen LogP) is 7.27. The van der Waals surface area contributed by atoms with Crippen molar-refractivity contribution in [3.8, 4) is 0 Å².